The highest BCUT2D eigenvalue weighted by molar-refractivity contribution is 7.15. The number of nitrogens with zero attached hydrogens (tertiary/aromatic N) is 3. The number of thiazole rings is 1. The van der Waals surface area contributed by atoms with Gasteiger partial charge in [-0.2, -0.15) is 4.98 Å². The number of anilines is 1. The van der Waals surface area contributed by atoms with Gasteiger partial charge >= 0.3 is 0 Å². The second-order valence-corrected chi connectivity index (χ2v) is 5.56. The fraction of sp³-hybridized carbons (Fsp3) is 0.538. The highest BCUT2D eigenvalue weighted by Gasteiger charge is 2.13. The first-order valence-corrected chi connectivity index (χ1v) is 7.31. The minimum atomic E-state index is 0.596. The third-order valence-electron chi connectivity index (χ3n) is 2.74. The Balaban J connectivity index is 1.93. The van der Waals surface area contributed by atoms with Crippen molar-refractivity contribution in [3.05, 3.63) is 22.7 Å². The Morgan fingerprint density at radius 1 is 1.40 bits per heavy atom. The summed E-state index contributed by atoms with van der Waals surface area (Å²) in [5, 5.41) is 4.23. The lowest BCUT2D eigenvalue weighted by atomic mass is 10.4. The van der Waals surface area contributed by atoms with Crippen LogP contribution in [0.15, 0.2) is 10.6 Å². The largest absolute Gasteiger partial charge is 0.480 e. The molecule has 20 heavy (non-hydrogen) atoms. The summed E-state index contributed by atoms with van der Waals surface area (Å²) in [6, 6.07) is 0. The van der Waals surface area contributed by atoms with Gasteiger partial charge in [-0.15, -0.1) is 0 Å². The Morgan fingerprint density at radius 3 is 2.80 bits per heavy atom. The molecule has 0 amide bonds. The molecule has 7 heteroatoms. The molecule has 2 heterocycles. The first kappa shape index (κ1) is 14.8. The van der Waals surface area contributed by atoms with Crippen LogP contribution in [0.2, 0.25) is 0 Å². The number of nitrogens with one attached hydrogen (secondary N) is 1. The van der Waals surface area contributed by atoms with Crippen LogP contribution in [0.4, 0.5) is 5.13 Å². The van der Waals surface area contributed by atoms with Crippen LogP contribution >= 0.6 is 11.3 Å². The smallest absolute Gasteiger partial charge is 0.230 e. The first-order chi connectivity index (χ1) is 9.63. The number of hydrogen-bond acceptors (Lipinski definition) is 7. The molecule has 2 aromatic heterocycles. The molecule has 1 N–H and O–H groups in total. The van der Waals surface area contributed by atoms with Crippen molar-refractivity contribution in [1.82, 2.24) is 15.3 Å². The maximum Gasteiger partial charge on any atom is 0.230 e. The monoisotopic (exact) mass is 296 g/mol. The van der Waals surface area contributed by atoms with Crippen LogP contribution in [-0.4, -0.2) is 31.2 Å². The van der Waals surface area contributed by atoms with Crippen LogP contribution in [0, 0.1) is 0 Å². The van der Waals surface area contributed by atoms with Gasteiger partial charge < -0.3 is 19.4 Å². The molecule has 0 bridgehead atoms. The van der Waals surface area contributed by atoms with Gasteiger partial charge in [-0.1, -0.05) is 18.3 Å². The van der Waals surface area contributed by atoms with Crippen molar-refractivity contribution in [2.75, 3.05) is 26.1 Å². The van der Waals surface area contributed by atoms with Crippen molar-refractivity contribution in [2.45, 2.75) is 26.4 Å². The Kier molecular flexibility index (Phi) is 4.97. The van der Waals surface area contributed by atoms with Crippen molar-refractivity contribution in [2.24, 2.45) is 0 Å². The zero-order valence-corrected chi connectivity index (χ0v) is 13.1. The third kappa shape index (κ3) is 3.49. The highest BCUT2D eigenvalue weighted by atomic mass is 32.1. The first-order valence-electron chi connectivity index (χ1n) is 6.49. The van der Waals surface area contributed by atoms with Gasteiger partial charge in [0, 0.05) is 27.1 Å². The lowest BCUT2D eigenvalue weighted by Gasteiger charge is -2.04. The maximum absolute atomic E-state index is 5.55. The summed E-state index contributed by atoms with van der Waals surface area (Å²) in [4.78, 5) is 11.7. The number of aromatic nitrogens is 2. The van der Waals surface area contributed by atoms with E-state index >= 15 is 0 Å². The topological polar surface area (TPSA) is 63.4 Å². The van der Waals surface area contributed by atoms with E-state index in [-0.39, 0.29) is 0 Å². The Labute approximate surface area is 122 Å². The van der Waals surface area contributed by atoms with Crippen LogP contribution in [0.3, 0.4) is 0 Å². The molecule has 0 aliphatic carbocycles. The SMILES string of the molecule is CCc1cnc(CNCc2sc(N(C)C)nc2OC)o1. The number of rotatable bonds is 7. The van der Waals surface area contributed by atoms with Gasteiger partial charge in [-0.25, -0.2) is 4.98 Å². The van der Waals surface area contributed by atoms with Crippen LogP contribution in [-0.2, 0) is 19.5 Å². The molecule has 2 aromatic rings. The second kappa shape index (κ2) is 6.71. The summed E-state index contributed by atoms with van der Waals surface area (Å²) in [6.45, 7) is 3.32. The van der Waals surface area contributed by atoms with E-state index < -0.39 is 0 Å². The molecule has 0 saturated heterocycles. The van der Waals surface area contributed by atoms with Gasteiger partial charge in [0.25, 0.3) is 0 Å². The Morgan fingerprint density at radius 2 is 2.20 bits per heavy atom. The molecule has 0 aliphatic heterocycles. The van der Waals surface area contributed by atoms with Crippen LogP contribution < -0.4 is 15.0 Å². The van der Waals surface area contributed by atoms with Crippen molar-refractivity contribution < 1.29 is 9.15 Å². The number of methoxy groups -OCH3 is 1. The molecule has 6 nitrogen and oxygen atoms in total. The standard InChI is InChI=1S/C13H20N4O2S/c1-5-9-6-15-11(19-9)8-14-7-10-12(18-4)16-13(20-10)17(2)3/h6,14H,5,7-8H2,1-4H3. The molecule has 0 aromatic carbocycles. The summed E-state index contributed by atoms with van der Waals surface area (Å²) in [6.07, 6.45) is 2.64. The zero-order chi connectivity index (χ0) is 14.5. The van der Waals surface area contributed by atoms with Gasteiger partial charge in [0.1, 0.15) is 5.76 Å². The molecular weight excluding hydrogens is 276 g/mol. The fourth-order valence-electron chi connectivity index (χ4n) is 1.66. The number of ether oxygens (including phenoxy) is 1. The van der Waals surface area contributed by atoms with E-state index in [1.165, 1.54) is 0 Å². The van der Waals surface area contributed by atoms with E-state index in [0.717, 1.165) is 22.2 Å². The molecule has 110 valence electrons. The number of oxazole rings is 1. The van der Waals surface area contributed by atoms with E-state index in [2.05, 4.69) is 15.3 Å². The van der Waals surface area contributed by atoms with Crippen molar-refractivity contribution >= 4 is 16.5 Å². The summed E-state index contributed by atoms with van der Waals surface area (Å²) in [5.74, 6) is 2.29. The second-order valence-electron chi connectivity index (χ2n) is 4.50. The molecule has 0 spiro atoms. The summed E-state index contributed by atoms with van der Waals surface area (Å²) < 4.78 is 10.8. The third-order valence-corrected chi connectivity index (χ3v) is 3.94. The quantitative estimate of drug-likeness (QED) is 0.844. The van der Waals surface area contributed by atoms with E-state index in [1.54, 1.807) is 24.6 Å². The molecule has 0 saturated carbocycles. The maximum atomic E-state index is 5.55. The minimum Gasteiger partial charge on any atom is -0.480 e. The molecule has 0 fully saturated rings. The lowest BCUT2D eigenvalue weighted by Crippen LogP contribution is -2.12. The van der Waals surface area contributed by atoms with Crippen molar-refractivity contribution in [3.8, 4) is 5.88 Å². The van der Waals surface area contributed by atoms with Crippen LogP contribution in [0.1, 0.15) is 23.5 Å². The molecule has 0 radical (unpaired) electrons. The Hall–Kier alpha value is -1.60. The zero-order valence-electron chi connectivity index (χ0n) is 12.3. The van der Waals surface area contributed by atoms with Gasteiger partial charge in [0.15, 0.2) is 5.13 Å². The predicted octanol–water partition coefficient (Wildman–Crippen LogP) is 2.06. The minimum absolute atomic E-state index is 0.596. The fourth-order valence-corrected chi connectivity index (χ4v) is 2.59. The summed E-state index contributed by atoms with van der Waals surface area (Å²) in [7, 11) is 5.57. The van der Waals surface area contributed by atoms with Crippen molar-refractivity contribution in [3.63, 3.8) is 0 Å². The van der Waals surface area contributed by atoms with E-state index in [4.69, 9.17) is 9.15 Å². The molecule has 0 unspecified atom stereocenters. The normalized spacial score (nSPS) is 10.8. The van der Waals surface area contributed by atoms with E-state index in [9.17, 15) is 0 Å². The number of aryl methyl sites for hydroxylation is 1. The van der Waals surface area contributed by atoms with Gasteiger partial charge in [0.2, 0.25) is 11.8 Å². The average Bonchev–Trinajstić information content (AvgIpc) is 3.05. The highest BCUT2D eigenvalue weighted by Crippen LogP contribution is 2.30. The number of hydrogen-bond donors (Lipinski definition) is 1. The summed E-state index contributed by atoms with van der Waals surface area (Å²) in [5.41, 5.74) is 0. The average molecular weight is 296 g/mol. The lowest BCUT2D eigenvalue weighted by molar-refractivity contribution is 0.392. The van der Waals surface area contributed by atoms with Crippen molar-refractivity contribution in [1.29, 1.82) is 0 Å². The van der Waals surface area contributed by atoms with E-state index in [1.807, 2.05) is 25.9 Å². The molecule has 0 atom stereocenters. The summed E-state index contributed by atoms with van der Waals surface area (Å²) >= 11 is 1.61. The van der Waals surface area contributed by atoms with E-state index in [0.29, 0.717) is 24.9 Å². The molecule has 2 rings (SSSR count). The van der Waals surface area contributed by atoms with Gasteiger partial charge in [-0.05, 0) is 0 Å². The van der Waals surface area contributed by atoms with Gasteiger partial charge in [-0.3, -0.25) is 0 Å². The Bertz CT molecular complexity index is 550. The van der Waals surface area contributed by atoms with Gasteiger partial charge in [0.05, 0.1) is 24.7 Å². The molecule has 0 aliphatic rings. The molecular formula is C13H20N4O2S. The van der Waals surface area contributed by atoms with Crippen LogP contribution in [0.25, 0.3) is 0 Å². The predicted molar refractivity (Wildman–Crippen MR) is 79.4 cm³/mol. The van der Waals surface area contributed by atoms with Crippen LogP contribution in [0.5, 0.6) is 5.88 Å².